The summed E-state index contributed by atoms with van der Waals surface area (Å²) in [5, 5.41) is 9.70. The van der Waals surface area contributed by atoms with Crippen molar-refractivity contribution in [3.63, 3.8) is 0 Å². The average molecular weight is 266 g/mol. The molecule has 0 radical (unpaired) electrons. The largest absolute Gasteiger partial charge is 0.491 e. The number of aliphatic hydroxyl groups excluding tert-OH is 1. The number of nitrogens with zero attached hydrogens (tertiary/aromatic N) is 1. The van der Waals surface area contributed by atoms with Gasteiger partial charge in [0.05, 0.1) is 12.2 Å². The molecule has 0 heterocycles. The van der Waals surface area contributed by atoms with Gasteiger partial charge in [0.1, 0.15) is 5.75 Å². The third-order valence-corrected chi connectivity index (χ3v) is 2.77. The van der Waals surface area contributed by atoms with Crippen molar-refractivity contribution >= 4 is 0 Å². The molecule has 0 aliphatic rings. The highest BCUT2D eigenvalue weighted by molar-refractivity contribution is 5.27. The zero-order valence-electron chi connectivity index (χ0n) is 12.2. The maximum Gasteiger partial charge on any atom is 0.119 e. The van der Waals surface area contributed by atoms with Crippen molar-refractivity contribution in [1.82, 2.24) is 4.90 Å². The van der Waals surface area contributed by atoms with Gasteiger partial charge in [0.2, 0.25) is 0 Å². The van der Waals surface area contributed by atoms with E-state index in [0.29, 0.717) is 19.5 Å². The molecule has 1 atom stereocenters. The number of nitrogens with two attached hydrogens (primary N) is 1. The van der Waals surface area contributed by atoms with Crippen LogP contribution >= 0.6 is 0 Å². The van der Waals surface area contributed by atoms with Gasteiger partial charge in [-0.25, -0.2) is 0 Å². The fourth-order valence-electron chi connectivity index (χ4n) is 1.97. The molecular weight excluding hydrogens is 240 g/mol. The van der Waals surface area contributed by atoms with Crippen LogP contribution in [0.5, 0.6) is 5.75 Å². The fourth-order valence-corrected chi connectivity index (χ4v) is 1.97. The smallest absolute Gasteiger partial charge is 0.119 e. The van der Waals surface area contributed by atoms with E-state index in [4.69, 9.17) is 10.5 Å². The number of aliphatic hydroxyl groups is 1. The van der Waals surface area contributed by atoms with Gasteiger partial charge >= 0.3 is 0 Å². The highest BCUT2D eigenvalue weighted by Crippen LogP contribution is 2.14. The second-order valence-electron chi connectivity index (χ2n) is 5.24. The van der Waals surface area contributed by atoms with Crippen LogP contribution in [-0.4, -0.2) is 42.4 Å². The van der Waals surface area contributed by atoms with Gasteiger partial charge in [-0.15, -0.1) is 0 Å². The molecule has 4 heteroatoms. The molecule has 1 rings (SSSR count). The number of hydrogen-bond acceptors (Lipinski definition) is 4. The van der Waals surface area contributed by atoms with E-state index in [1.807, 2.05) is 33.0 Å². The topological polar surface area (TPSA) is 58.7 Å². The summed E-state index contributed by atoms with van der Waals surface area (Å²) in [6, 6.07) is 8.09. The van der Waals surface area contributed by atoms with E-state index in [-0.39, 0.29) is 12.2 Å². The molecule has 1 aromatic rings. The van der Waals surface area contributed by atoms with Crippen LogP contribution in [0.2, 0.25) is 0 Å². The first-order chi connectivity index (χ1) is 9.01. The van der Waals surface area contributed by atoms with Crippen LogP contribution in [0, 0.1) is 0 Å². The summed E-state index contributed by atoms with van der Waals surface area (Å²) in [5.74, 6) is 0.893. The predicted molar refractivity (Wildman–Crippen MR) is 78.2 cm³/mol. The molecule has 0 spiro atoms. The summed E-state index contributed by atoms with van der Waals surface area (Å²) < 4.78 is 5.60. The Kier molecular flexibility index (Phi) is 6.84. The quantitative estimate of drug-likeness (QED) is 0.750. The molecule has 19 heavy (non-hydrogen) atoms. The van der Waals surface area contributed by atoms with Crippen LogP contribution in [0.3, 0.4) is 0 Å². The van der Waals surface area contributed by atoms with Crippen molar-refractivity contribution in [3.8, 4) is 5.75 Å². The van der Waals surface area contributed by atoms with Crippen LogP contribution in [0.4, 0.5) is 0 Å². The van der Waals surface area contributed by atoms with E-state index >= 15 is 0 Å². The predicted octanol–water partition coefficient (Wildman–Crippen LogP) is 1.62. The Morgan fingerprint density at radius 3 is 2.42 bits per heavy atom. The number of ether oxygens (including phenoxy) is 1. The summed E-state index contributed by atoms with van der Waals surface area (Å²) in [4.78, 5) is 2.10. The molecule has 1 aromatic carbocycles. The Labute approximate surface area is 116 Å². The maximum absolute atomic E-state index is 9.70. The van der Waals surface area contributed by atoms with E-state index < -0.39 is 0 Å². The third-order valence-electron chi connectivity index (χ3n) is 2.77. The molecule has 0 aliphatic heterocycles. The summed E-state index contributed by atoms with van der Waals surface area (Å²) in [5.41, 5.74) is 6.63. The monoisotopic (exact) mass is 266 g/mol. The summed E-state index contributed by atoms with van der Waals surface area (Å²) in [7, 11) is 2.00. The zero-order valence-corrected chi connectivity index (χ0v) is 12.2. The number of likely N-dealkylation sites (N-methyl/N-ethyl adjacent to an activating group) is 1. The van der Waals surface area contributed by atoms with Gasteiger partial charge in [-0.05, 0) is 51.6 Å². The lowest BCUT2D eigenvalue weighted by Crippen LogP contribution is -2.30. The second kappa shape index (κ2) is 8.15. The molecule has 0 amide bonds. The van der Waals surface area contributed by atoms with E-state index in [9.17, 15) is 5.11 Å². The number of benzene rings is 1. The van der Waals surface area contributed by atoms with E-state index in [2.05, 4.69) is 17.0 Å². The van der Waals surface area contributed by atoms with Gasteiger partial charge < -0.3 is 15.6 Å². The Balaban J connectivity index is 2.44. The number of hydrogen-bond donors (Lipinski definition) is 2. The van der Waals surface area contributed by atoms with Gasteiger partial charge in [0.25, 0.3) is 0 Å². The van der Waals surface area contributed by atoms with E-state index in [1.54, 1.807) is 0 Å². The van der Waals surface area contributed by atoms with Crippen LogP contribution in [0.25, 0.3) is 0 Å². The van der Waals surface area contributed by atoms with Gasteiger partial charge in [-0.3, -0.25) is 4.90 Å². The van der Waals surface area contributed by atoms with Gasteiger partial charge in [-0.2, -0.15) is 0 Å². The number of rotatable bonds is 8. The summed E-state index contributed by atoms with van der Waals surface area (Å²) in [6.45, 7) is 6.00. The van der Waals surface area contributed by atoms with Crippen molar-refractivity contribution in [3.05, 3.63) is 29.8 Å². The first-order valence-corrected chi connectivity index (χ1v) is 6.83. The lowest BCUT2D eigenvalue weighted by Gasteiger charge is -2.20. The summed E-state index contributed by atoms with van der Waals surface area (Å²) in [6.07, 6.45) is 0.490. The maximum atomic E-state index is 9.70. The van der Waals surface area contributed by atoms with Crippen LogP contribution in [-0.2, 0) is 6.54 Å². The van der Waals surface area contributed by atoms with Gasteiger partial charge in [-0.1, -0.05) is 12.1 Å². The van der Waals surface area contributed by atoms with Crippen LogP contribution in [0.15, 0.2) is 24.3 Å². The SMILES string of the molecule is CC(C)Oc1ccc(CN(C)CC(O)CCN)cc1. The van der Waals surface area contributed by atoms with Crippen molar-refractivity contribution in [1.29, 1.82) is 0 Å². The molecular formula is C15H26N2O2. The van der Waals surface area contributed by atoms with Crippen LogP contribution in [0.1, 0.15) is 25.8 Å². The fraction of sp³-hybridized carbons (Fsp3) is 0.600. The highest BCUT2D eigenvalue weighted by atomic mass is 16.5. The third kappa shape index (κ3) is 6.57. The zero-order chi connectivity index (χ0) is 14.3. The molecule has 0 aliphatic carbocycles. The van der Waals surface area contributed by atoms with Crippen molar-refractivity contribution < 1.29 is 9.84 Å². The molecule has 4 nitrogen and oxygen atoms in total. The van der Waals surface area contributed by atoms with Crippen LogP contribution < -0.4 is 10.5 Å². The normalized spacial score (nSPS) is 13.0. The van der Waals surface area contributed by atoms with E-state index in [1.165, 1.54) is 5.56 Å². The minimum atomic E-state index is -0.349. The Bertz CT molecular complexity index is 352. The molecule has 0 saturated carbocycles. The standard InChI is InChI=1S/C15H26N2O2/c1-12(2)19-15-6-4-13(5-7-15)10-17(3)11-14(18)8-9-16/h4-7,12,14,18H,8-11,16H2,1-3H3. The summed E-state index contributed by atoms with van der Waals surface area (Å²) >= 11 is 0. The minimum Gasteiger partial charge on any atom is -0.491 e. The van der Waals surface area contributed by atoms with Crippen molar-refractivity contribution in [2.24, 2.45) is 5.73 Å². The van der Waals surface area contributed by atoms with Gasteiger partial charge in [0, 0.05) is 13.1 Å². The molecule has 0 fully saturated rings. The van der Waals surface area contributed by atoms with Gasteiger partial charge in [0.15, 0.2) is 0 Å². The average Bonchev–Trinajstić information content (AvgIpc) is 2.31. The molecule has 3 N–H and O–H groups in total. The highest BCUT2D eigenvalue weighted by Gasteiger charge is 2.08. The molecule has 108 valence electrons. The Hall–Kier alpha value is -1.10. The van der Waals surface area contributed by atoms with Crippen molar-refractivity contribution in [2.45, 2.75) is 39.0 Å². The van der Waals surface area contributed by atoms with E-state index in [0.717, 1.165) is 12.3 Å². The Morgan fingerprint density at radius 2 is 1.89 bits per heavy atom. The first-order valence-electron chi connectivity index (χ1n) is 6.83. The minimum absolute atomic E-state index is 0.194. The molecule has 0 bridgehead atoms. The van der Waals surface area contributed by atoms with Crippen molar-refractivity contribution in [2.75, 3.05) is 20.1 Å². The lowest BCUT2D eigenvalue weighted by molar-refractivity contribution is 0.117. The first kappa shape index (κ1) is 16.0. The molecule has 0 saturated heterocycles. The molecule has 0 aromatic heterocycles. The lowest BCUT2D eigenvalue weighted by atomic mass is 10.2. The second-order valence-corrected chi connectivity index (χ2v) is 5.24. The molecule has 1 unspecified atom stereocenters. The Morgan fingerprint density at radius 1 is 1.26 bits per heavy atom.